The standard InChI is InChI=1S/C23H25FN8O2/c24-16-3-4-20-26-13-18(32(20)14-16)23-28-19(12-21(29-23)30-8-10-34-11-9-30)27-17-2-1-7-31(15-17)22(33)5-6-25/h3-4,12-14,17H,1-2,5,7-11,15H2,(H,27,28,29)/t17-/m1/s1. The van der Waals surface area contributed by atoms with Crippen LogP contribution in [-0.4, -0.2) is 75.6 Å². The van der Waals surface area contributed by atoms with Gasteiger partial charge in [0.05, 0.1) is 25.5 Å². The minimum absolute atomic E-state index is 0.00342. The second kappa shape index (κ2) is 9.61. The minimum Gasteiger partial charge on any atom is -0.378 e. The number of aromatic nitrogens is 4. The lowest BCUT2D eigenvalue weighted by Gasteiger charge is -2.33. The molecule has 2 saturated heterocycles. The van der Waals surface area contributed by atoms with Gasteiger partial charge >= 0.3 is 0 Å². The van der Waals surface area contributed by atoms with Crippen molar-refractivity contribution in [1.29, 1.82) is 5.26 Å². The van der Waals surface area contributed by atoms with E-state index < -0.39 is 0 Å². The molecule has 0 spiro atoms. The van der Waals surface area contributed by atoms with Crippen molar-refractivity contribution in [2.75, 3.05) is 49.6 Å². The van der Waals surface area contributed by atoms with Crippen molar-refractivity contribution in [1.82, 2.24) is 24.3 Å². The number of pyridine rings is 1. The van der Waals surface area contributed by atoms with E-state index in [1.807, 2.05) is 12.1 Å². The number of hydrogen-bond acceptors (Lipinski definition) is 8. The van der Waals surface area contributed by atoms with Crippen molar-refractivity contribution in [2.45, 2.75) is 25.3 Å². The molecule has 10 nitrogen and oxygen atoms in total. The van der Waals surface area contributed by atoms with E-state index in [2.05, 4.69) is 15.2 Å². The molecule has 176 valence electrons. The number of anilines is 2. The second-order valence-corrected chi connectivity index (χ2v) is 8.41. The number of halogens is 1. The largest absolute Gasteiger partial charge is 0.378 e. The summed E-state index contributed by atoms with van der Waals surface area (Å²) in [4.78, 5) is 29.9. The molecule has 5 heterocycles. The van der Waals surface area contributed by atoms with E-state index in [0.717, 1.165) is 18.7 Å². The number of nitriles is 1. The first-order chi connectivity index (χ1) is 16.6. The van der Waals surface area contributed by atoms with Crippen LogP contribution in [0.15, 0.2) is 30.6 Å². The van der Waals surface area contributed by atoms with Crippen LogP contribution in [0.5, 0.6) is 0 Å². The number of piperidine rings is 1. The molecule has 1 N–H and O–H groups in total. The van der Waals surface area contributed by atoms with Crippen LogP contribution >= 0.6 is 0 Å². The first-order valence-electron chi connectivity index (χ1n) is 11.4. The maximum atomic E-state index is 13.9. The Hall–Kier alpha value is -3.78. The Kier molecular flexibility index (Phi) is 6.22. The number of imidazole rings is 1. The maximum Gasteiger partial charge on any atom is 0.236 e. The first-order valence-corrected chi connectivity index (χ1v) is 11.4. The van der Waals surface area contributed by atoms with E-state index in [4.69, 9.17) is 20.0 Å². The molecule has 0 bridgehead atoms. The highest BCUT2D eigenvalue weighted by atomic mass is 19.1. The zero-order valence-electron chi connectivity index (χ0n) is 18.7. The normalized spacial score (nSPS) is 18.6. The number of carbonyl (C=O) groups excluding carboxylic acids is 1. The topological polar surface area (TPSA) is 112 Å². The summed E-state index contributed by atoms with van der Waals surface area (Å²) in [7, 11) is 0. The SMILES string of the molecule is N#CCC(=O)N1CCC[C@@H](Nc2cc(N3CCOCC3)nc(-c3cnc4ccc(F)cn34)n2)C1. The Morgan fingerprint density at radius 1 is 1.26 bits per heavy atom. The molecule has 0 saturated carbocycles. The van der Waals surface area contributed by atoms with E-state index in [-0.39, 0.29) is 24.2 Å². The van der Waals surface area contributed by atoms with Crippen LogP contribution in [0.25, 0.3) is 17.2 Å². The van der Waals surface area contributed by atoms with Gasteiger partial charge in [-0.1, -0.05) is 0 Å². The van der Waals surface area contributed by atoms with Gasteiger partial charge in [-0.25, -0.2) is 19.3 Å². The highest BCUT2D eigenvalue weighted by molar-refractivity contribution is 5.78. The Morgan fingerprint density at radius 2 is 2.12 bits per heavy atom. The van der Waals surface area contributed by atoms with Crippen LogP contribution in [0.4, 0.5) is 16.0 Å². The molecule has 5 rings (SSSR count). The van der Waals surface area contributed by atoms with E-state index in [0.29, 0.717) is 62.4 Å². The molecule has 0 radical (unpaired) electrons. The van der Waals surface area contributed by atoms with E-state index in [9.17, 15) is 9.18 Å². The number of carbonyl (C=O) groups is 1. The fourth-order valence-corrected chi connectivity index (χ4v) is 4.41. The van der Waals surface area contributed by atoms with Crippen LogP contribution < -0.4 is 10.2 Å². The molecular weight excluding hydrogens is 439 g/mol. The molecule has 3 aromatic heterocycles. The molecule has 0 unspecified atom stereocenters. The fraction of sp³-hybridized carbons (Fsp3) is 0.435. The molecule has 0 aromatic carbocycles. The molecule has 0 aliphatic carbocycles. The summed E-state index contributed by atoms with van der Waals surface area (Å²) in [6, 6.07) is 6.80. The molecule has 3 aromatic rings. The third kappa shape index (κ3) is 4.63. The van der Waals surface area contributed by atoms with E-state index in [1.54, 1.807) is 21.6 Å². The molecule has 2 fully saturated rings. The summed E-state index contributed by atoms with van der Waals surface area (Å²) >= 11 is 0. The predicted octanol–water partition coefficient (Wildman–Crippen LogP) is 2.08. The number of amides is 1. The molecule has 1 atom stereocenters. The number of likely N-dealkylation sites (tertiary alicyclic amines) is 1. The van der Waals surface area contributed by atoms with Gasteiger partial charge in [0.1, 0.15) is 35.2 Å². The van der Waals surface area contributed by atoms with Gasteiger partial charge in [-0.2, -0.15) is 5.26 Å². The number of morpholine rings is 1. The Balaban J connectivity index is 1.47. The third-order valence-electron chi connectivity index (χ3n) is 6.10. The third-order valence-corrected chi connectivity index (χ3v) is 6.10. The van der Waals surface area contributed by atoms with Crippen molar-refractivity contribution in [2.24, 2.45) is 0 Å². The Bertz CT molecular complexity index is 1230. The number of nitrogens with one attached hydrogen (secondary N) is 1. The Labute approximate surface area is 196 Å². The molecule has 1 amide bonds. The van der Waals surface area contributed by atoms with Gasteiger partial charge in [0.15, 0.2) is 5.82 Å². The number of hydrogen-bond donors (Lipinski definition) is 1. The summed E-state index contributed by atoms with van der Waals surface area (Å²) in [5.41, 5.74) is 1.19. The average Bonchev–Trinajstić information content (AvgIpc) is 3.28. The van der Waals surface area contributed by atoms with Gasteiger partial charge < -0.3 is 19.9 Å². The average molecular weight is 465 g/mol. The summed E-state index contributed by atoms with van der Waals surface area (Å²) < 4.78 is 21.1. The van der Waals surface area contributed by atoms with Gasteiger partial charge in [-0.15, -0.1) is 0 Å². The monoisotopic (exact) mass is 464 g/mol. The quantitative estimate of drug-likeness (QED) is 0.611. The van der Waals surface area contributed by atoms with Gasteiger partial charge in [-0.05, 0) is 25.0 Å². The zero-order chi connectivity index (χ0) is 23.5. The lowest BCUT2D eigenvalue weighted by Crippen LogP contribution is -2.45. The lowest BCUT2D eigenvalue weighted by molar-refractivity contribution is -0.131. The van der Waals surface area contributed by atoms with Gasteiger partial charge in [-0.3, -0.25) is 9.20 Å². The summed E-state index contributed by atoms with van der Waals surface area (Å²) in [6.45, 7) is 3.80. The molecule has 34 heavy (non-hydrogen) atoms. The summed E-state index contributed by atoms with van der Waals surface area (Å²) in [5, 5.41) is 12.3. The number of ether oxygens (including phenoxy) is 1. The minimum atomic E-state index is -0.376. The first kappa shape index (κ1) is 22.0. The molecule has 2 aliphatic rings. The van der Waals surface area contributed by atoms with Gasteiger partial charge in [0.2, 0.25) is 5.91 Å². The number of nitrogens with zero attached hydrogens (tertiary/aromatic N) is 7. The van der Waals surface area contributed by atoms with Gasteiger partial charge in [0.25, 0.3) is 0 Å². The predicted molar refractivity (Wildman–Crippen MR) is 123 cm³/mol. The van der Waals surface area contributed by atoms with Crippen molar-refractivity contribution >= 4 is 23.2 Å². The highest BCUT2D eigenvalue weighted by Gasteiger charge is 2.25. The number of rotatable bonds is 5. The van der Waals surface area contributed by atoms with Crippen molar-refractivity contribution in [3.63, 3.8) is 0 Å². The highest BCUT2D eigenvalue weighted by Crippen LogP contribution is 2.26. The lowest BCUT2D eigenvalue weighted by atomic mass is 10.1. The van der Waals surface area contributed by atoms with Crippen LogP contribution in [0.1, 0.15) is 19.3 Å². The van der Waals surface area contributed by atoms with Crippen LogP contribution in [0.2, 0.25) is 0 Å². The van der Waals surface area contributed by atoms with Crippen molar-refractivity contribution in [3.05, 3.63) is 36.4 Å². The molecular formula is C23H25FN8O2. The van der Waals surface area contributed by atoms with E-state index >= 15 is 0 Å². The molecule has 2 aliphatic heterocycles. The maximum absolute atomic E-state index is 13.9. The van der Waals surface area contributed by atoms with Crippen LogP contribution in [0.3, 0.4) is 0 Å². The smallest absolute Gasteiger partial charge is 0.236 e. The van der Waals surface area contributed by atoms with Crippen LogP contribution in [-0.2, 0) is 9.53 Å². The van der Waals surface area contributed by atoms with Crippen LogP contribution in [0, 0.1) is 17.1 Å². The second-order valence-electron chi connectivity index (χ2n) is 8.41. The summed E-state index contributed by atoms with van der Waals surface area (Å²) in [5.74, 6) is 1.27. The Morgan fingerprint density at radius 3 is 2.94 bits per heavy atom. The fourth-order valence-electron chi connectivity index (χ4n) is 4.41. The zero-order valence-corrected chi connectivity index (χ0v) is 18.7. The van der Waals surface area contributed by atoms with Crippen molar-refractivity contribution < 1.29 is 13.9 Å². The summed E-state index contributed by atoms with van der Waals surface area (Å²) in [6.07, 6.45) is 4.62. The van der Waals surface area contributed by atoms with Gasteiger partial charge in [0, 0.05) is 44.5 Å². The molecule has 11 heteroatoms. The number of fused-ring (bicyclic) bond motifs is 1. The van der Waals surface area contributed by atoms with E-state index in [1.165, 1.54) is 12.3 Å². The van der Waals surface area contributed by atoms with Crippen molar-refractivity contribution in [3.8, 4) is 17.6 Å².